The zero-order valence-electron chi connectivity index (χ0n) is 15.5. The molecule has 0 bridgehead atoms. The number of amides is 1. The lowest BCUT2D eigenvalue weighted by atomic mass is 10.1. The number of carbonyl (C=O) groups excluding carboxylic acids is 1. The predicted molar refractivity (Wildman–Crippen MR) is 98.0 cm³/mol. The lowest BCUT2D eigenvalue weighted by molar-refractivity contribution is 0.0783. The largest absolute Gasteiger partial charge is 0.378 e. The lowest BCUT2D eigenvalue weighted by Gasteiger charge is -2.29. The Balaban J connectivity index is 1.68. The summed E-state index contributed by atoms with van der Waals surface area (Å²) in [5.41, 5.74) is 4.71. The summed E-state index contributed by atoms with van der Waals surface area (Å²) in [6.45, 7) is 7.81. The molecule has 0 spiro atoms. The summed E-state index contributed by atoms with van der Waals surface area (Å²) in [6, 6.07) is 8.44. The Morgan fingerprint density at radius 2 is 1.84 bits per heavy atom. The van der Waals surface area contributed by atoms with Gasteiger partial charge in [0, 0.05) is 45.1 Å². The average Bonchev–Trinajstić information content (AvgIpc) is 2.88. The third kappa shape index (κ3) is 3.69. The van der Waals surface area contributed by atoms with Crippen molar-refractivity contribution in [3.63, 3.8) is 0 Å². The SMILES string of the molecule is Cc1nn(C)c(C)c1C(=O)N(C)Cc1ccc(N2CCOCC2)cc1. The van der Waals surface area contributed by atoms with E-state index in [1.807, 2.05) is 27.9 Å². The number of nitrogens with zero attached hydrogens (tertiary/aromatic N) is 4. The van der Waals surface area contributed by atoms with Gasteiger partial charge in [0.15, 0.2) is 0 Å². The number of aromatic nitrogens is 2. The van der Waals surface area contributed by atoms with Crippen LogP contribution in [0, 0.1) is 13.8 Å². The number of carbonyl (C=O) groups is 1. The Kier molecular flexibility index (Phi) is 5.08. The molecule has 0 aliphatic carbocycles. The average molecular weight is 342 g/mol. The van der Waals surface area contributed by atoms with Crippen molar-refractivity contribution in [1.82, 2.24) is 14.7 Å². The van der Waals surface area contributed by atoms with Crippen LogP contribution in [0.4, 0.5) is 5.69 Å². The second kappa shape index (κ2) is 7.27. The van der Waals surface area contributed by atoms with E-state index >= 15 is 0 Å². The second-order valence-electron chi connectivity index (χ2n) is 6.60. The minimum Gasteiger partial charge on any atom is -0.378 e. The minimum atomic E-state index is 0.0142. The van der Waals surface area contributed by atoms with Gasteiger partial charge in [0.25, 0.3) is 5.91 Å². The van der Waals surface area contributed by atoms with Crippen molar-refractivity contribution >= 4 is 11.6 Å². The van der Waals surface area contributed by atoms with Crippen LogP contribution in [0.2, 0.25) is 0 Å². The Labute approximate surface area is 149 Å². The van der Waals surface area contributed by atoms with Crippen LogP contribution in [0.3, 0.4) is 0 Å². The molecule has 1 fully saturated rings. The predicted octanol–water partition coefficient (Wildman–Crippen LogP) is 2.15. The Hall–Kier alpha value is -2.34. The number of benzene rings is 1. The Bertz CT molecular complexity index is 746. The molecule has 1 amide bonds. The molecule has 6 heteroatoms. The van der Waals surface area contributed by atoms with Crippen LogP contribution in [0.1, 0.15) is 27.3 Å². The molecule has 1 aromatic heterocycles. The lowest BCUT2D eigenvalue weighted by Crippen LogP contribution is -2.36. The number of hydrogen-bond donors (Lipinski definition) is 0. The molecule has 25 heavy (non-hydrogen) atoms. The van der Waals surface area contributed by atoms with E-state index in [-0.39, 0.29) is 5.91 Å². The fraction of sp³-hybridized carbons (Fsp3) is 0.474. The maximum absolute atomic E-state index is 12.8. The van der Waals surface area contributed by atoms with Crippen LogP contribution in [-0.4, -0.2) is 53.9 Å². The summed E-state index contributed by atoms with van der Waals surface area (Å²) in [7, 11) is 3.70. The second-order valence-corrected chi connectivity index (χ2v) is 6.60. The van der Waals surface area contributed by atoms with Gasteiger partial charge in [-0.1, -0.05) is 12.1 Å². The third-order valence-corrected chi connectivity index (χ3v) is 4.80. The van der Waals surface area contributed by atoms with Crippen molar-refractivity contribution in [2.75, 3.05) is 38.3 Å². The monoisotopic (exact) mass is 342 g/mol. The maximum Gasteiger partial charge on any atom is 0.257 e. The molecule has 1 aromatic carbocycles. The van der Waals surface area contributed by atoms with Gasteiger partial charge in [-0.05, 0) is 31.5 Å². The fourth-order valence-electron chi connectivity index (χ4n) is 3.25. The molecule has 1 aliphatic rings. The van der Waals surface area contributed by atoms with E-state index in [1.54, 1.807) is 9.58 Å². The molecule has 2 heterocycles. The molecule has 3 rings (SSSR count). The Morgan fingerprint density at radius 3 is 2.40 bits per heavy atom. The summed E-state index contributed by atoms with van der Waals surface area (Å²) in [6.07, 6.45) is 0. The summed E-state index contributed by atoms with van der Waals surface area (Å²) >= 11 is 0. The highest BCUT2D eigenvalue weighted by molar-refractivity contribution is 5.96. The van der Waals surface area contributed by atoms with Gasteiger partial charge < -0.3 is 14.5 Å². The third-order valence-electron chi connectivity index (χ3n) is 4.80. The molecule has 0 unspecified atom stereocenters. The van der Waals surface area contributed by atoms with Crippen LogP contribution in [0.5, 0.6) is 0 Å². The van der Waals surface area contributed by atoms with Crippen LogP contribution >= 0.6 is 0 Å². The first kappa shape index (κ1) is 17.5. The van der Waals surface area contributed by atoms with Crippen LogP contribution < -0.4 is 4.90 Å². The van der Waals surface area contributed by atoms with E-state index in [9.17, 15) is 4.79 Å². The van der Waals surface area contributed by atoms with Crippen LogP contribution in [0.15, 0.2) is 24.3 Å². The van der Waals surface area contributed by atoms with E-state index in [1.165, 1.54) is 5.69 Å². The zero-order chi connectivity index (χ0) is 18.0. The number of ether oxygens (including phenoxy) is 1. The summed E-state index contributed by atoms with van der Waals surface area (Å²) in [5, 5.41) is 4.34. The first-order chi connectivity index (χ1) is 12.0. The minimum absolute atomic E-state index is 0.0142. The number of anilines is 1. The van der Waals surface area contributed by atoms with Gasteiger partial charge in [-0.3, -0.25) is 9.48 Å². The van der Waals surface area contributed by atoms with E-state index in [2.05, 4.69) is 34.3 Å². The molecule has 2 aromatic rings. The topological polar surface area (TPSA) is 50.6 Å². The van der Waals surface area contributed by atoms with Crippen molar-refractivity contribution in [2.45, 2.75) is 20.4 Å². The van der Waals surface area contributed by atoms with Gasteiger partial charge in [-0.25, -0.2) is 0 Å². The first-order valence-corrected chi connectivity index (χ1v) is 8.64. The quantitative estimate of drug-likeness (QED) is 0.854. The highest BCUT2D eigenvalue weighted by atomic mass is 16.5. The number of hydrogen-bond acceptors (Lipinski definition) is 4. The van der Waals surface area contributed by atoms with Gasteiger partial charge in [0.1, 0.15) is 0 Å². The van der Waals surface area contributed by atoms with E-state index in [0.29, 0.717) is 12.1 Å². The fourth-order valence-corrected chi connectivity index (χ4v) is 3.25. The molecule has 0 N–H and O–H groups in total. The molecule has 6 nitrogen and oxygen atoms in total. The summed E-state index contributed by atoms with van der Waals surface area (Å²) < 4.78 is 7.15. The molecule has 1 saturated heterocycles. The molecule has 0 radical (unpaired) electrons. The van der Waals surface area contributed by atoms with Crippen molar-refractivity contribution in [2.24, 2.45) is 7.05 Å². The standard InChI is InChI=1S/C19H26N4O2/c1-14-18(15(2)22(4)20-14)19(24)21(3)13-16-5-7-17(8-6-16)23-9-11-25-12-10-23/h5-8H,9-13H2,1-4H3. The Morgan fingerprint density at radius 1 is 1.20 bits per heavy atom. The zero-order valence-corrected chi connectivity index (χ0v) is 15.5. The van der Waals surface area contributed by atoms with Gasteiger partial charge in [-0.2, -0.15) is 5.10 Å². The van der Waals surface area contributed by atoms with Crippen molar-refractivity contribution < 1.29 is 9.53 Å². The van der Waals surface area contributed by atoms with E-state index in [4.69, 9.17) is 4.74 Å². The smallest absolute Gasteiger partial charge is 0.257 e. The number of aryl methyl sites for hydroxylation is 2. The van der Waals surface area contributed by atoms with E-state index < -0.39 is 0 Å². The molecule has 0 atom stereocenters. The molecule has 134 valence electrons. The van der Waals surface area contributed by atoms with Gasteiger partial charge in [-0.15, -0.1) is 0 Å². The first-order valence-electron chi connectivity index (χ1n) is 8.64. The highest BCUT2D eigenvalue weighted by Gasteiger charge is 2.21. The molecule has 0 saturated carbocycles. The summed E-state index contributed by atoms with van der Waals surface area (Å²) in [4.78, 5) is 16.8. The van der Waals surface area contributed by atoms with Crippen molar-refractivity contribution in [1.29, 1.82) is 0 Å². The molecular weight excluding hydrogens is 316 g/mol. The molecule has 1 aliphatic heterocycles. The number of rotatable bonds is 4. The molecular formula is C19H26N4O2. The van der Waals surface area contributed by atoms with Crippen molar-refractivity contribution in [3.8, 4) is 0 Å². The number of morpholine rings is 1. The van der Waals surface area contributed by atoms with Crippen molar-refractivity contribution in [3.05, 3.63) is 46.8 Å². The van der Waals surface area contributed by atoms with E-state index in [0.717, 1.165) is 43.3 Å². The summed E-state index contributed by atoms with van der Waals surface area (Å²) in [5.74, 6) is 0.0142. The normalized spacial score (nSPS) is 14.6. The van der Waals surface area contributed by atoms with Crippen LogP contribution in [0.25, 0.3) is 0 Å². The van der Waals surface area contributed by atoms with Crippen LogP contribution in [-0.2, 0) is 18.3 Å². The highest BCUT2D eigenvalue weighted by Crippen LogP contribution is 2.19. The maximum atomic E-state index is 12.8. The van der Waals surface area contributed by atoms with Gasteiger partial charge >= 0.3 is 0 Å². The van der Waals surface area contributed by atoms with Gasteiger partial charge in [0.05, 0.1) is 24.5 Å². The van der Waals surface area contributed by atoms with Gasteiger partial charge in [0.2, 0.25) is 0 Å².